The van der Waals surface area contributed by atoms with E-state index in [1.807, 2.05) is 19.9 Å². The van der Waals surface area contributed by atoms with E-state index < -0.39 is 0 Å². The standard InChI is InChI=1S/C13H17NOS/c1-8(2)9-5-6-10-11(7-9)16-13(3,4)12(15)14-10/h5-8H,1-4H3,(H,14,15). The van der Waals surface area contributed by atoms with Crippen molar-refractivity contribution in [3.8, 4) is 0 Å². The van der Waals surface area contributed by atoms with Crippen LogP contribution in [-0.2, 0) is 4.79 Å². The SMILES string of the molecule is CC(C)c1ccc2c(c1)SC(C)(C)C(=O)N2. The van der Waals surface area contributed by atoms with Gasteiger partial charge in [0.05, 0.1) is 10.4 Å². The molecule has 0 atom stereocenters. The van der Waals surface area contributed by atoms with Gasteiger partial charge in [0.1, 0.15) is 0 Å². The lowest BCUT2D eigenvalue weighted by Gasteiger charge is -2.30. The second kappa shape index (κ2) is 3.81. The van der Waals surface area contributed by atoms with Crippen molar-refractivity contribution in [2.45, 2.75) is 43.3 Å². The molecule has 1 N–H and O–H groups in total. The van der Waals surface area contributed by atoms with Gasteiger partial charge in [0, 0.05) is 4.90 Å². The Labute approximate surface area is 101 Å². The van der Waals surface area contributed by atoms with Gasteiger partial charge in [-0.2, -0.15) is 0 Å². The van der Waals surface area contributed by atoms with Crippen LogP contribution in [0.4, 0.5) is 5.69 Å². The van der Waals surface area contributed by atoms with Crippen molar-refractivity contribution in [1.29, 1.82) is 0 Å². The molecule has 0 fully saturated rings. The number of carbonyl (C=O) groups excluding carboxylic acids is 1. The first-order valence-electron chi connectivity index (χ1n) is 5.54. The predicted octanol–water partition coefficient (Wildman–Crippen LogP) is 3.63. The van der Waals surface area contributed by atoms with Gasteiger partial charge in [-0.1, -0.05) is 19.9 Å². The Hall–Kier alpha value is -0.960. The Kier molecular flexibility index (Phi) is 2.74. The first-order valence-corrected chi connectivity index (χ1v) is 6.36. The lowest BCUT2D eigenvalue weighted by Crippen LogP contribution is -2.37. The van der Waals surface area contributed by atoms with E-state index in [-0.39, 0.29) is 10.7 Å². The van der Waals surface area contributed by atoms with Gasteiger partial charge in [0.25, 0.3) is 0 Å². The number of amides is 1. The highest BCUT2D eigenvalue weighted by molar-refractivity contribution is 8.01. The average molecular weight is 235 g/mol. The van der Waals surface area contributed by atoms with E-state index in [9.17, 15) is 4.79 Å². The molecular weight excluding hydrogens is 218 g/mol. The maximum Gasteiger partial charge on any atom is 0.240 e. The van der Waals surface area contributed by atoms with Gasteiger partial charge >= 0.3 is 0 Å². The monoisotopic (exact) mass is 235 g/mol. The second-order valence-electron chi connectivity index (χ2n) is 4.98. The minimum absolute atomic E-state index is 0.0855. The number of fused-ring (bicyclic) bond motifs is 1. The summed E-state index contributed by atoms with van der Waals surface area (Å²) in [6.07, 6.45) is 0. The molecule has 1 aliphatic rings. The number of rotatable bonds is 1. The number of thioether (sulfide) groups is 1. The minimum Gasteiger partial charge on any atom is -0.324 e. The summed E-state index contributed by atoms with van der Waals surface area (Å²) in [4.78, 5) is 12.9. The lowest BCUT2D eigenvalue weighted by atomic mass is 10.0. The quantitative estimate of drug-likeness (QED) is 0.805. The number of benzene rings is 1. The summed E-state index contributed by atoms with van der Waals surface area (Å²) in [7, 11) is 0. The molecule has 0 radical (unpaired) electrons. The molecule has 16 heavy (non-hydrogen) atoms. The van der Waals surface area contributed by atoms with Gasteiger partial charge in [-0.05, 0) is 37.5 Å². The van der Waals surface area contributed by atoms with Gasteiger partial charge in [-0.25, -0.2) is 0 Å². The zero-order valence-corrected chi connectivity index (χ0v) is 10.9. The van der Waals surface area contributed by atoms with Crippen LogP contribution in [0, 0.1) is 0 Å². The molecule has 0 bridgehead atoms. The van der Waals surface area contributed by atoms with E-state index >= 15 is 0 Å². The van der Waals surface area contributed by atoms with Crippen LogP contribution in [0.2, 0.25) is 0 Å². The molecule has 1 aliphatic heterocycles. The first kappa shape index (κ1) is 11.5. The summed E-state index contributed by atoms with van der Waals surface area (Å²) in [5, 5.41) is 2.96. The molecular formula is C13H17NOS. The van der Waals surface area contributed by atoms with Crippen LogP contribution in [0.3, 0.4) is 0 Å². The highest BCUT2D eigenvalue weighted by atomic mass is 32.2. The molecule has 0 spiro atoms. The molecule has 1 amide bonds. The van der Waals surface area contributed by atoms with Crippen LogP contribution in [0.5, 0.6) is 0 Å². The fourth-order valence-electron chi connectivity index (χ4n) is 1.68. The summed E-state index contributed by atoms with van der Waals surface area (Å²) in [6, 6.07) is 6.28. The van der Waals surface area contributed by atoms with Crippen LogP contribution >= 0.6 is 11.8 Å². The van der Waals surface area contributed by atoms with Crippen LogP contribution in [0.1, 0.15) is 39.2 Å². The lowest BCUT2D eigenvalue weighted by molar-refractivity contribution is -0.117. The number of nitrogens with one attached hydrogen (secondary N) is 1. The third-order valence-electron chi connectivity index (χ3n) is 2.83. The molecule has 86 valence electrons. The zero-order valence-electron chi connectivity index (χ0n) is 10.1. The summed E-state index contributed by atoms with van der Waals surface area (Å²) in [5.74, 6) is 0.605. The normalized spacial score (nSPS) is 18.2. The number of hydrogen-bond acceptors (Lipinski definition) is 2. The molecule has 1 heterocycles. The molecule has 3 heteroatoms. The van der Waals surface area contributed by atoms with Crippen molar-refractivity contribution in [1.82, 2.24) is 0 Å². The Bertz CT molecular complexity index is 438. The van der Waals surface area contributed by atoms with Crippen molar-refractivity contribution in [3.05, 3.63) is 23.8 Å². The molecule has 2 nitrogen and oxygen atoms in total. The van der Waals surface area contributed by atoms with Crippen molar-refractivity contribution >= 4 is 23.4 Å². The second-order valence-corrected chi connectivity index (χ2v) is 6.64. The largest absolute Gasteiger partial charge is 0.324 e. The van der Waals surface area contributed by atoms with Crippen LogP contribution in [0.15, 0.2) is 23.1 Å². The van der Waals surface area contributed by atoms with E-state index in [2.05, 4.69) is 31.3 Å². The van der Waals surface area contributed by atoms with E-state index in [4.69, 9.17) is 0 Å². The molecule has 1 aromatic rings. The maximum absolute atomic E-state index is 11.8. The van der Waals surface area contributed by atoms with Gasteiger partial charge in [0.15, 0.2) is 0 Å². The van der Waals surface area contributed by atoms with Crippen molar-refractivity contribution in [2.24, 2.45) is 0 Å². The summed E-state index contributed by atoms with van der Waals surface area (Å²) in [5.41, 5.74) is 2.26. The molecule has 0 saturated carbocycles. The third kappa shape index (κ3) is 1.96. The molecule has 1 aromatic carbocycles. The van der Waals surface area contributed by atoms with Gasteiger partial charge in [-0.3, -0.25) is 4.79 Å². The maximum atomic E-state index is 11.8. The van der Waals surface area contributed by atoms with Crippen molar-refractivity contribution < 1.29 is 4.79 Å². The Morgan fingerprint density at radius 1 is 1.31 bits per heavy atom. The Morgan fingerprint density at radius 3 is 2.62 bits per heavy atom. The van der Waals surface area contributed by atoms with Gasteiger partial charge in [0.2, 0.25) is 5.91 Å². The topological polar surface area (TPSA) is 29.1 Å². The molecule has 2 rings (SSSR count). The fraction of sp³-hybridized carbons (Fsp3) is 0.462. The number of carbonyl (C=O) groups is 1. The highest BCUT2D eigenvalue weighted by Gasteiger charge is 2.34. The van der Waals surface area contributed by atoms with Crippen LogP contribution in [0.25, 0.3) is 0 Å². The summed E-state index contributed by atoms with van der Waals surface area (Å²) >= 11 is 1.64. The summed E-state index contributed by atoms with van der Waals surface area (Å²) < 4.78 is -0.372. The van der Waals surface area contributed by atoms with E-state index in [0.29, 0.717) is 5.92 Å². The Balaban J connectivity index is 2.42. The highest BCUT2D eigenvalue weighted by Crippen LogP contribution is 2.42. The summed E-state index contributed by atoms with van der Waals surface area (Å²) in [6.45, 7) is 8.27. The minimum atomic E-state index is -0.372. The molecule has 0 unspecified atom stereocenters. The molecule has 0 aliphatic carbocycles. The zero-order chi connectivity index (χ0) is 11.9. The van der Waals surface area contributed by atoms with Crippen molar-refractivity contribution in [2.75, 3.05) is 5.32 Å². The van der Waals surface area contributed by atoms with Gasteiger partial charge in [-0.15, -0.1) is 11.8 Å². The first-order chi connectivity index (χ1) is 7.40. The predicted molar refractivity (Wildman–Crippen MR) is 69.1 cm³/mol. The molecule has 0 aromatic heterocycles. The van der Waals surface area contributed by atoms with Crippen LogP contribution < -0.4 is 5.32 Å². The average Bonchev–Trinajstić information content (AvgIpc) is 2.18. The Morgan fingerprint density at radius 2 is 2.00 bits per heavy atom. The van der Waals surface area contributed by atoms with Gasteiger partial charge < -0.3 is 5.32 Å². The number of hydrogen-bond donors (Lipinski definition) is 1. The van der Waals surface area contributed by atoms with E-state index in [0.717, 1.165) is 5.69 Å². The van der Waals surface area contributed by atoms with E-state index in [1.54, 1.807) is 11.8 Å². The van der Waals surface area contributed by atoms with Crippen molar-refractivity contribution in [3.63, 3.8) is 0 Å². The fourth-order valence-corrected chi connectivity index (χ4v) is 2.80. The molecule has 0 saturated heterocycles. The third-order valence-corrected chi connectivity index (χ3v) is 4.09. The van der Waals surface area contributed by atoms with Crippen LogP contribution in [-0.4, -0.2) is 10.7 Å². The smallest absolute Gasteiger partial charge is 0.240 e. The number of anilines is 1. The van der Waals surface area contributed by atoms with E-state index in [1.165, 1.54) is 10.5 Å².